The van der Waals surface area contributed by atoms with Gasteiger partial charge in [0.2, 0.25) is 5.91 Å². The number of hydrogen-bond donors (Lipinski definition) is 2. The van der Waals surface area contributed by atoms with Crippen molar-refractivity contribution in [1.29, 1.82) is 0 Å². The molecule has 5 aromatic rings. The van der Waals surface area contributed by atoms with Crippen molar-refractivity contribution in [1.82, 2.24) is 19.9 Å². The summed E-state index contributed by atoms with van der Waals surface area (Å²) in [4.78, 5) is 23.4. The van der Waals surface area contributed by atoms with E-state index in [2.05, 4.69) is 45.2 Å². The maximum atomic E-state index is 13.9. The van der Waals surface area contributed by atoms with E-state index >= 15 is 0 Å². The Bertz CT molecular complexity index is 1590. The molecule has 0 saturated heterocycles. The lowest BCUT2D eigenvalue weighted by atomic mass is 9.80. The lowest BCUT2D eigenvalue weighted by molar-refractivity contribution is -0.125. The molecule has 2 aromatic heterocycles. The Labute approximate surface area is 247 Å². The van der Waals surface area contributed by atoms with E-state index < -0.39 is 6.04 Å². The molecule has 0 bridgehead atoms. The second-order valence-electron chi connectivity index (χ2n) is 11.4. The summed E-state index contributed by atoms with van der Waals surface area (Å²) in [5.74, 6) is 0.859. The molecule has 1 saturated carbocycles. The molecule has 6 nitrogen and oxygen atoms in total. The van der Waals surface area contributed by atoms with E-state index in [0.29, 0.717) is 6.54 Å². The SMILES string of the molecule is O=C(NC(CO)c1ccccc1)C(c1ccc(Cn2c(-c3ccccn3)nc3ccccc32)cc1)C1CCCCCC1. The van der Waals surface area contributed by atoms with Crippen LogP contribution in [-0.2, 0) is 11.3 Å². The highest BCUT2D eigenvalue weighted by Crippen LogP contribution is 2.36. The lowest BCUT2D eigenvalue weighted by Gasteiger charge is -2.28. The van der Waals surface area contributed by atoms with Crippen LogP contribution >= 0.6 is 0 Å². The van der Waals surface area contributed by atoms with Crippen molar-refractivity contribution >= 4 is 16.9 Å². The summed E-state index contributed by atoms with van der Waals surface area (Å²) in [5, 5.41) is 13.3. The molecule has 6 rings (SSSR count). The zero-order valence-corrected chi connectivity index (χ0v) is 23.9. The number of imidazole rings is 1. The monoisotopic (exact) mass is 558 g/mol. The molecule has 214 valence electrons. The van der Waals surface area contributed by atoms with Crippen molar-refractivity contribution in [3.8, 4) is 11.5 Å². The van der Waals surface area contributed by atoms with Gasteiger partial charge >= 0.3 is 0 Å². The first-order valence-electron chi connectivity index (χ1n) is 15.1. The zero-order valence-electron chi connectivity index (χ0n) is 23.9. The molecular formula is C36H38N4O2. The average molecular weight is 559 g/mol. The van der Waals surface area contributed by atoms with Gasteiger partial charge in [-0.15, -0.1) is 0 Å². The van der Waals surface area contributed by atoms with Crippen LogP contribution in [0.1, 0.15) is 67.2 Å². The first kappa shape index (κ1) is 27.9. The number of aliphatic hydroxyl groups excluding tert-OH is 1. The number of rotatable bonds is 9. The maximum Gasteiger partial charge on any atom is 0.228 e. The standard InChI is InChI=1S/C36H38N4O2/c41-25-32(27-12-6-3-7-13-27)39-36(42)34(28-14-4-1-2-5-15-28)29-21-19-26(20-22-29)24-40-33-18-9-8-16-30(33)38-35(40)31-17-10-11-23-37-31/h3,6-13,16-23,28,32,34,41H,1-2,4-5,14-15,24-25H2,(H,39,42). The number of aliphatic hydroxyl groups is 1. The number of benzene rings is 3. The van der Waals surface area contributed by atoms with Crippen LogP contribution in [0.5, 0.6) is 0 Å². The molecule has 1 aliphatic rings. The highest BCUT2D eigenvalue weighted by atomic mass is 16.3. The van der Waals surface area contributed by atoms with Crippen LogP contribution in [0.2, 0.25) is 0 Å². The lowest BCUT2D eigenvalue weighted by Crippen LogP contribution is -2.37. The Morgan fingerprint density at radius 2 is 1.55 bits per heavy atom. The number of aromatic nitrogens is 3. The largest absolute Gasteiger partial charge is 0.394 e. The molecule has 1 amide bonds. The Hall–Kier alpha value is -4.29. The molecule has 0 radical (unpaired) electrons. The van der Waals surface area contributed by atoms with Gasteiger partial charge < -0.3 is 15.0 Å². The Morgan fingerprint density at radius 3 is 2.26 bits per heavy atom. The van der Waals surface area contributed by atoms with Crippen molar-refractivity contribution in [2.75, 3.05) is 6.61 Å². The molecule has 2 unspecified atom stereocenters. The average Bonchev–Trinajstić information content (AvgIpc) is 3.19. The first-order valence-corrected chi connectivity index (χ1v) is 15.1. The number of fused-ring (bicyclic) bond motifs is 1. The van der Waals surface area contributed by atoms with Crippen molar-refractivity contribution in [3.05, 3.63) is 120 Å². The normalized spacial score (nSPS) is 15.6. The van der Waals surface area contributed by atoms with Gasteiger partial charge in [0.1, 0.15) is 5.69 Å². The van der Waals surface area contributed by atoms with E-state index in [4.69, 9.17) is 4.98 Å². The fraction of sp³-hybridized carbons (Fsp3) is 0.306. The summed E-state index contributed by atoms with van der Waals surface area (Å²) in [5.41, 5.74) is 5.93. The Morgan fingerprint density at radius 1 is 0.833 bits per heavy atom. The topological polar surface area (TPSA) is 80.0 Å². The number of amides is 1. The molecule has 2 N–H and O–H groups in total. The number of carbonyl (C=O) groups excluding carboxylic acids is 1. The smallest absolute Gasteiger partial charge is 0.228 e. The van der Waals surface area contributed by atoms with E-state index in [1.807, 2.05) is 66.7 Å². The van der Waals surface area contributed by atoms with Crippen LogP contribution < -0.4 is 5.32 Å². The van der Waals surface area contributed by atoms with Crippen LogP contribution in [-0.4, -0.2) is 32.2 Å². The molecule has 1 fully saturated rings. The van der Waals surface area contributed by atoms with Gasteiger partial charge in [0.25, 0.3) is 0 Å². The van der Waals surface area contributed by atoms with Crippen molar-refractivity contribution in [2.24, 2.45) is 5.92 Å². The van der Waals surface area contributed by atoms with Crippen LogP contribution in [0.25, 0.3) is 22.6 Å². The van der Waals surface area contributed by atoms with E-state index in [-0.39, 0.29) is 24.3 Å². The third-order valence-electron chi connectivity index (χ3n) is 8.58. The van der Waals surface area contributed by atoms with Crippen molar-refractivity contribution < 1.29 is 9.90 Å². The molecule has 6 heteroatoms. The number of nitrogens with one attached hydrogen (secondary N) is 1. The highest BCUT2D eigenvalue weighted by Gasteiger charge is 2.32. The minimum absolute atomic E-state index is 0.00408. The van der Waals surface area contributed by atoms with Gasteiger partial charge in [-0.3, -0.25) is 9.78 Å². The van der Waals surface area contributed by atoms with Gasteiger partial charge in [-0.2, -0.15) is 0 Å². The summed E-state index contributed by atoms with van der Waals surface area (Å²) in [6, 6.07) is 31.9. The van der Waals surface area contributed by atoms with E-state index in [0.717, 1.165) is 64.9 Å². The summed E-state index contributed by atoms with van der Waals surface area (Å²) in [7, 11) is 0. The van der Waals surface area contributed by atoms with Gasteiger partial charge in [0.05, 0.1) is 29.6 Å². The van der Waals surface area contributed by atoms with E-state index in [1.54, 1.807) is 6.20 Å². The van der Waals surface area contributed by atoms with Crippen LogP contribution in [0.15, 0.2) is 103 Å². The third kappa shape index (κ3) is 6.14. The molecule has 2 atom stereocenters. The molecular weight excluding hydrogens is 520 g/mol. The minimum atomic E-state index is -0.425. The maximum absolute atomic E-state index is 13.9. The van der Waals surface area contributed by atoms with E-state index in [9.17, 15) is 9.90 Å². The quantitative estimate of drug-likeness (QED) is 0.190. The van der Waals surface area contributed by atoms with Gasteiger partial charge in [-0.05, 0) is 59.7 Å². The number of carbonyl (C=O) groups is 1. The van der Waals surface area contributed by atoms with Gasteiger partial charge in [0.15, 0.2) is 5.82 Å². The van der Waals surface area contributed by atoms with Gasteiger partial charge in [-0.1, -0.05) is 98.5 Å². The summed E-state index contributed by atoms with van der Waals surface area (Å²) < 4.78 is 2.22. The summed E-state index contributed by atoms with van der Waals surface area (Å²) in [6.45, 7) is 0.511. The fourth-order valence-corrected chi connectivity index (χ4v) is 6.40. The predicted molar refractivity (Wildman–Crippen MR) is 167 cm³/mol. The summed E-state index contributed by atoms with van der Waals surface area (Å²) in [6.07, 6.45) is 8.64. The molecule has 1 aliphatic carbocycles. The van der Waals surface area contributed by atoms with E-state index in [1.165, 1.54) is 12.8 Å². The minimum Gasteiger partial charge on any atom is -0.394 e. The molecule has 42 heavy (non-hydrogen) atoms. The molecule has 3 aromatic carbocycles. The van der Waals surface area contributed by atoms with Crippen molar-refractivity contribution in [3.63, 3.8) is 0 Å². The Kier molecular flexibility index (Phi) is 8.71. The third-order valence-corrected chi connectivity index (χ3v) is 8.58. The second kappa shape index (κ2) is 13.1. The second-order valence-corrected chi connectivity index (χ2v) is 11.4. The van der Waals surface area contributed by atoms with Crippen molar-refractivity contribution in [2.45, 2.75) is 57.0 Å². The number of para-hydroxylation sites is 2. The Balaban J connectivity index is 1.29. The fourth-order valence-electron chi connectivity index (χ4n) is 6.40. The predicted octanol–water partition coefficient (Wildman–Crippen LogP) is 7.05. The number of pyridine rings is 1. The van der Waals surface area contributed by atoms with Gasteiger partial charge in [-0.25, -0.2) is 4.98 Å². The summed E-state index contributed by atoms with van der Waals surface area (Å²) >= 11 is 0. The number of hydrogen-bond acceptors (Lipinski definition) is 4. The first-order chi connectivity index (χ1) is 20.7. The number of nitrogens with zero attached hydrogens (tertiary/aromatic N) is 3. The van der Waals surface area contributed by atoms with Crippen LogP contribution in [0.3, 0.4) is 0 Å². The highest BCUT2D eigenvalue weighted by molar-refractivity contribution is 5.84. The van der Waals surface area contributed by atoms with Crippen LogP contribution in [0, 0.1) is 5.92 Å². The van der Waals surface area contributed by atoms with Crippen LogP contribution in [0.4, 0.5) is 0 Å². The molecule has 0 spiro atoms. The molecule has 2 heterocycles. The zero-order chi connectivity index (χ0) is 28.7. The van der Waals surface area contributed by atoms with Gasteiger partial charge in [0, 0.05) is 12.7 Å². The molecule has 0 aliphatic heterocycles.